The number of hydrogen-bond acceptors (Lipinski definition) is 4. The maximum Gasteiger partial charge on any atom is 1.00 e. The van der Waals surface area contributed by atoms with E-state index in [0.29, 0.717) is 19.4 Å². The first-order valence-electron chi connectivity index (χ1n) is 9.69. The van der Waals surface area contributed by atoms with E-state index < -0.39 is 17.8 Å². The topological polar surface area (TPSA) is 66.4 Å². The SMILES string of the molecule is CC/C=C/CCCCCCCCOC(=O)C1CCCCC1C(=O)[O-].[Na+]. The maximum atomic E-state index is 12.1. The second-order valence-electron chi connectivity index (χ2n) is 6.77. The Morgan fingerprint density at radius 2 is 1.56 bits per heavy atom. The van der Waals surface area contributed by atoms with Crippen LogP contribution < -0.4 is 34.7 Å². The van der Waals surface area contributed by atoms with E-state index in [2.05, 4.69) is 19.1 Å². The van der Waals surface area contributed by atoms with E-state index in [9.17, 15) is 14.7 Å². The number of allylic oxidation sites excluding steroid dienone is 2. The minimum atomic E-state index is -1.11. The standard InChI is InChI=1S/C20H34O4.Na/c1-2-3-4-5-6-7-8-9-10-13-16-24-20(23)18-15-12-11-14-17(18)19(21)22;/h3-4,17-18H,2,5-16H2,1H3,(H,21,22);/q;+1/p-1/b4-3+;. The number of carboxylic acids is 1. The third-order valence-corrected chi connectivity index (χ3v) is 4.78. The number of aliphatic carboxylic acids is 1. The van der Waals surface area contributed by atoms with Gasteiger partial charge in [-0.3, -0.25) is 4.79 Å². The predicted molar refractivity (Wildman–Crippen MR) is 93.2 cm³/mol. The van der Waals surface area contributed by atoms with E-state index in [0.717, 1.165) is 32.1 Å². The van der Waals surface area contributed by atoms with Crippen LogP contribution >= 0.6 is 0 Å². The van der Waals surface area contributed by atoms with Crippen molar-refractivity contribution >= 4 is 11.9 Å². The number of esters is 1. The minimum Gasteiger partial charge on any atom is -0.550 e. The molecular formula is C20H33NaO4. The molecule has 0 spiro atoms. The molecule has 0 amide bonds. The van der Waals surface area contributed by atoms with Crippen LogP contribution in [-0.4, -0.2) is 18.5 Å². The van der Waals surface area contributed by atoms with Gasteiger partial charge in [0.05, 0.1) is 12.5 Å². The zero-order valence-corrected chi connectivity index (χ0v) is 18.1. The molecule has 0 saturated heterocycles. The number of rotatable bonds is 12. The van der Waals surface area contributed by atoms with Crippen LogP contribution in [0, 0.1) is 11.8 Å². The summed E-state index contributed by atoms with van der Waals surface area (Å²) in [6.45, 7) is 2.56. The van der Waals surface area contributed by atoms with Crippen LogP contribution in [0.4, 0.5) is 0 Å². The van der Waals surface area contributed by atoms with Gasteiger partial charge in [0.1, 0.15) is 0 Å². The fourth-order valence-corrected chi connectivity index (χ4v) is 3.33. The molecule has 0 aliphatic heterocycles. The molecule has 25 heavy (non-hydrogen) atoms. The summed E-state index contributed by atoms with van der Waals surface area (Å²) in [5.41, 5.74) is 0. The first-order chi connectivity index (χ1) is 11.7. The minimum absolute atomic E-state index is 0. The zero-order valence-electron chi connectivity index (χ0n) is 16.1. The largest absolute Gasteiger partial charge is 1.00 e. The van der Waals surface area contributed by atoms with Crippen LogP contribution in [-0.2, 0) is 14.3 Å². The van der Waals surface area contributed by atoms with Crippen molar-refractivity contribution < 1.29 is 49.0 Å². The van der Waals surface area contributed by atoms with Crippen LogP contribution in [0.3, 0.4) is 0 Å². The van der Waals surface area contributed by atoms with Gasteiger partial charge < -0.3 is 14.6 Å². The predicted octanol–water partition coefficient (Wildman–Crippen LogP) is 0.787. The first-order valence-corrected chi connectivity index (χ1v) is 9.69. The summed E-state index contributed by atoms with van der Waals surface area (Å²) in [5.74, 6) is -2.61. The third-order valence-electron chi connectivity index (χ3n) is 4.78. The van der Waals surface area contributed by atoms with Crippen molar-refractivity contribution in [3.63, 3.8) is 0 Å². The number of unbranched alkanes of at least 4 members (excludes halogenated alkanes) is 6. The normalized spacial score (nSPS) is 20.2. The summed E-state index contributed by atoms with van der Waals surface area (Å²) in [7, 11) is 0. The van der Waals surface area contributed by atoms with Gasteiger partial charge in [-0.25, -0.2) is 0 Å². The number of carbonyl (C=O) groups is 2. The van der Waals surface area contributed by atoms with Gasteiger partial charge in [0.2, 0.25) is 0 Å². The summed E-state index contributed by atoms with van der Waals surface area (Å²) in [4.78, 5) is 23.2. The maximum absolute atomic E-state index is 12.1. The van der Waals surface area contributed by atoms with Crippen LogP contribution in [0.1, 0.15) is 84.0 Å². The molecule has 0 radical (unpaired) electrons. The van der Waals surface area contributed by atoms with E-state index in [-0.39, 0.29) is 35.5 Å². The molecule has 2 unspecified atom stereocenters. The second-order valence-corrected chi connectivity index (χ2v) is 6.77. The van der Waals surface area contributed by atoms with Crippen molar-refractivity contribution in [2.45, 2.75) is 84.0 Å². The molecule has 1 rings (SSSR count). The van der Waals surface area contributed by atoms with Crippen molar-refractivity contribution in [2.24, 2.45) is 11.8 Å². The molecule has 1 aliphatic rings. The van der Waals surface area contributed by atoms with Gasteiger partial charge in [-0.15, -0.1) is 0 Å². The average Bonchev–Trinajstić information content (AvgIpc) is 2.59. The molecule has 1 aliphatic carbocycles. The summed E-state index contributed by atoms with van der Waals surface area (Å²) >= 11 is 0. The van der Waals surface area contributed by atoms with Gasteiger partial charge in [-0.05, 0) is 38.5 Å². The smallest absolute Gasteiger partial charge is 0.550 e. The Morgan fingerprint density at radius 3 is 2.20 bits per heavy atom. The van der Waals surface area contributed by atoms with Crippen molar-refractivity contribution in [2.75, 3.05) is 6.61 Å². The van der Waals surface area contributed by atoms with Crippen LogP contribution in [0.5, 0.6) is 0 Å². The van der Waals surface area contributed by atoms with Crippen molar-refractivity contribution in [3.05, 3.63) is 12.2 Å². The summed E-state index contributed by atoms with van der Waals surface area (Å²) < 4.78 is 5.29. The van der Waals surface area contributed by atoms with E-state index in [4.69, 9.17) is 4.74 Å². The molecular weight excluding hydrogens is 327 g/mol. The molecule has 0 aromatic heterocycles. The van der Waals surface area contributed by atoms with Gasteiger partial charge >= 0.3 is 35.5 Å². The Morgan fingerprint density at radius 1 is 0.960 bits per heavy atom. The van der Waals surface area contributed by atoms with Crippen LogP contribution in [0.2, 0.25) is 0 Å². The van der Waals surface area contributed by atoms with Gasteiger partial charge in [0.25, 0.3) is 0 Å². The zero-order chi connectivity index (χ0) is 17.6. The Bertz CT molecular complexity index is 395. The summed E-state index contributed by atoms with van der Waals surface area (Å²) in [5, 5.41) is 11.1. The number of carbonyl (C=O) groups excluding carboxylic acids is 2. The molecule has 0 heterocycles. The van der Waals surface area contributed by atoms with Crippen LogP contribution in [0.15, 0.2) is 12.2 Å². The summed E-state index contributed by atoms with van der Waals surface area (Å²) in [6, 6.07) is 0. The fourth-order valence-electron chi connectivity index (χ4n) is 3.33. The Balaban J connectivity index is 0.00000576. The van der Waals surface area contributed by atoms with E-state index in [1.54, 1.807) is 0 Å². The molecule has 0 aromatic rings. The molecule has 138 valence electrons. The second kappa shape index (κ2) is 15.9. The molecule has 1 saturated carbocycles. The Kier molecular flexibility index (Phi) is 15.7. The fraction of sp³-hybridized carbons (Fsp3) is 0.800. The number of carboxylic acid groups (broad SMARTS) is 1. The van der Waals surface area contributed by atoms with E-state index >= 15 is 0 Å². The average molecular weight is 360 g/mol. The van der Waals surface area contributed by atoms with Crippen LogP contribution in [0.25, 0.3) is 0 Å². The van der Waals surface area contributed by atoms with E-state index in [1.165, 1.54) is 32.1 Å². The third kappa shape index (κ3) is 11.1. The molecule has 0 aromatic carbocycles. The van der Waals surface area contributed by atoms with Gasteiger partial charge in [0.15, 0.2) is 0 Å². The molecule has 0 N–H and O–H groups in total. The molecule has 4 nitrogen and oxygen atoms in total. The van der Waals surface area contributed by atoms with Crippen molar-refractivity contribution in [1.82, 2.24) is 0 Å². The Hall–Kier alpha value is -0.320. The van der Waals surface area contributed by atoms with Crippen molar-refractivity contribution in [3.8, 4) is 0 Å². The van der Waals surface area contributed by atoms with Crippen molar-refractivity contribution in [1.29, 1.82) is 0 Å². The molecule has 5 heteroatoms. The number of hydrogen-bond donors (Lipinski definition) is 0. The van der Waals surface area contributed by atoms with Gasteiger partial charge in [-0.1, -0.05) is 57.6 Å². The van der Waals surface area contributed by atoms with E-state index in [1.807, 2.05) is 0 Å². The van der Waals surface area contributed by atoms with Gasteiger partial charge in [0, 0.05) is 11.9 Å². The molecule has 0 bridgehead atoms. The summed E-state index contributed by atoms with van der Waals surface area (Å²) in [6.07, 6.45) is 16.5. The van der Waals surface area contributed by atoms with Gasteiger partial charge in [-0.2, -0.15) is 0 Å². The molecule has 1 fully saturated rings. The number of ether oxygens (including phenoxy) is 1. The Labute approximate surface area is 175 Å². The first kappa shape index (κ1) is 24.7. The quantitative estimate of drug-likeness (QED) is 0.223. The monoisotopic (exact) mass is 360 g/mol. The molecule has 2 atom stereocenters.